The van der Waals surface area contributed by atoms with Crippen molar-refractivity contribution in [1.29, 1.82) is 0 Å². The molecule has 1 aliphatic carbocycles. The first-order chi connectivity index (χ1) is 26.5. The van der Waals surface area contributed by atoms with Crippen molar-refractivity contribution in [1.82, 2.24) is 9.97 Å². The van der Waals surface area contributed by atoms with Crippen LogP contribution in [0.15, 0.2) is 54.9 Å². The average molecular weight is 787 g/mol. The number of ether oxygens (including phenoxy) is 8. The zero-order chi connectivity index (χ0) is 40.7. The maximum atomic E-state index is 13.3. The number of carbonyl (C=O) groups is 4. The average Bonchev–Trinajstić information content (AvgIpc) is 3.93. The lowest BCUT2D eigenvalue weighted by molar-refractivity contribution is -0.289. The molecule has 2 aliphatic rings. The molecule has 1 saturated carbocycles. The van der Waals surface area contributed by atoms with Gasteiger partial charge in [-0.15, -0.1) is 0 Å². The third-order valence-corrected chi connectivity index (χ3v) is 8.64. The van der Waals surface area contributed by atoms with Crippen LogP contribution in [-0.4, -0.2) is 89.0 Å². The van der Waals surface area contributed by atoms with Crippen molar-refractivity contribution >= 4 is 23.9 Å². The predicted octanol–water partition coefficient (Wildman–Crippen LogP) is 4.68. The van der Waals surface area contributed by atoms with Gasteiger partial charge in [0.2, 0.25) is 18.3 Å². The van der Waals surface area contributed by atoms with Crippen LogP contribution in [0, 0.1) is 0 Å². The Labute approximate surface area is 321 Å². The second-order valence-electron chi connectivity index (χ2n) is 13.9. The molecule has 2 unspecified atom stereocenters. The van der Waals surface area contributed by atoms with Crippen molar-refractivity contribution in [3.8, 4) is 17.4 Å². The quantitative estimate of drug-likeness (QED) is 0.156. The smallest absolute Gasteiger partial charge is 0.387 e. The van der Waals surface area contributed by atoms with Gasteiger partial charge in [0, 0.05) is 52.1 Å². The topological polar surface area (TPSA) is 188 Å². The van der Waals surface area contributed by atoms with Gasteiger partial charge in [0.25, 0.3) is 0 Å². The molecule has 1 aromatic carbocycles. The van der Waals surface area contributed by atoms with E-state index in [1.54, 1.807) is 44.3 Å². The van der Waals surface area contributed by atoms with E-state index < -0.39 is 79.3 Å². The summed E-state index contributed by atoms with van der Waals surface area (Å²) in [6, 6.07) is 11.5. The van der Waals surface area contributed by atoms with Crippen molar-refractivity contribution < 1.29 is 71.0 Å². The first kappa shape index (κ1) is 41.7. The number of carbonyl (C=O) groups excluding carboxylic acids is 4. The van der Waals surface area contributed by atoms with E-state index in [0.29, 0.717) is 23.2 Å². The Kier molecular flexibility index (Phi) is 13.4. The number of benzene rings is 1. The molecule has 3 heterocycles. The third-order valence-electron chi connectivity index (χ3n) is 8.64. The Morgan fingerprint density at radius 1 is 0.804 bits per heavy atom. The number of hydrogen-bond donors (Lipinski definition) is 1. The molecule has 3 aromatic rings. The van der Waals surface area contributed by atoms with Crippen LogP contribution in [-0.2, 0) is 54.9 Å². The van der Waals surface area contributed by atoms with Crippen molar-refractivity contribution in [3.05, 3.63) is 77.2 Å². The van der Waals surface area contributed by atoms with Gasteiger partial charge >= 0.3 is 30.5 Å². The number of esters is 4. The Balaban J connectivity index is 1.45. The Morgan fingerprint density at radius 2 is 1.46 bits per heavy atom. The standard InChI is InChI=1S/C39H44F2N2O13/c1-20(44)49-19-31-34(50-21(2)45)35(51-22(3)46)36(52-23(4)47)37(54-31)56-33-14-7-24(17-43-33)15-28(26-9-13-32(42-18-26)39(5,6)48)25-8-12-29(55-38(40)41)30(16-25)53-27-10-11-27/h7-9,12-14,16-18,27-28,31,34-38,48H,10-11,15,19H2,1-6H3/t28-,31?,34+,35?,36+,37+/m0/s1. The first-order valence-electron chi connectivity index (χ1n) is 17.8. The van der Waals surface area contributed by atoms with Gasteiger partial charge < -0.3 is 43.0 Å². The highest BCUT2D eigenvalue weighted by atomic mass is 19.3. The van der Waals surface area contributed by atoms with E-state index in [2.05, 4.69) is 9.97 Å². The van der Waals surface area contributed by atoms with Gasteiger partial charge in [0.1, 0.15) is 18.3 Å². The second kappa shape index (κ2) is 18.0. The monoisotopic (exact) mass is 786 g/mol. The molecule has 1 aliphatic heterocycles. The van der Waals surface area contributed by atoms with Gasteiger partial charge in [-0.3, -0.25) is 24.2 Å². The van der Waals surface area contributed by atoms with Crippen molar-refractivity contribution in [3.63, 3.8) is 0 Å². The molecule has 5 rings (SSSR count). The van der Waals surface area contributed by atoms with Gasteiger partial charge in [-0.1, -0.05) is 18.2 Å². The Hall–Kier alpha value is -5.42. The summed E-state index contributed by atoms with van der Waals surface area (Å²) in [5, 5.41) is 10.5. The first-order valence-corrected chi connectivity index (χ1v) is 17.8. The summed E-state index contributed by atoms with van der Waals surface area (Å²) in [5.74, 6) is -3.33. The maximum Gasteiger partial charge on any atom is 0.387 e. The Bertz CT molecular complexity index is 1850. The number of hydrogen-bond acceptors (Lipinski definition) is 15. The van der Waals surface area contributed by atoms with E-state index in [1.807, 2.05) is 6.07 Å². The van der Waals surface area contributed by atoms with Crippen LogP contribution in [0.1, 0.15) is 82.7 Å². The van der Waals surface area contributed by atoms with E-state index in [9.17, 15) is 33.1 Å². The fourth-order valence-corrected chi connectivity index (χ4v) is 6.03. The number of rotatable bonds is 16. The van der Waals surface area contributed by atoms with Crippen molar-refractivity contribution in [2.75, 3.05) is 6.61 Å². The molecule has 17 heteroatoms. The van der Waals surface area contributed by atoms with E-state index >= 15 is 0 Å². The molecule has 1 saturated heterocycles. The summed E-state index contributed by atoms with van der Waals surface area (Å²) in [7, 11) is 0. The molecule has 0 radical (unpaired) electrons. The van der Waals surface area contributed by atoms with E-state index in [-0.39, 0.29) is 23.5 Å². The van der Waals surface area contributed by atoms with Crippen molar-refractivity contribution in [2.24, 2.45) is 0 Å². The molecule has 56 heavy (non-hydrogen) atoms. The van der Waals surface area contributed by atoms with E-state index in [1.165, 1.54) is 18.3 Å². The summed E-state index contributed by atoms with van der Waals surface area (Å²) >= 11 is 0. The van der Waals surface area contributed by atoms with Crippen molar-refractivity contribution in [2.45, 2.75) is 116 Å². The minimum absolute atomic E-state index is 0.00369. The lowest BCUT2D eigenvalue weighted by Gasteiger charge is -2.43. The van der Waals surface area contributed by atoms with E-state index in [0.717, 1.165) is 46.1 Å². The molecule has 15 nitrogen and oxygen atoms in total. The SMILES string of the molecule is CC(=O)OCC1O[C@H](Oc2ccc(C[C@H](c3ccc(C(C)(C)O)nc3)c3ccc(OC(F)F)c(OC4CC4)c3)cn2)[C@H](OC(C)=O)C(OC(C)=O)[C@@H]1OC(C)=O. The summed E-state index contributed by atoms with van der Waals surface area (Å²) in [5.41, 5.74) is 1.41. The van der Waals surface area contributed by atoms with Gasteiger partial charge in [0.05, 0.1) is 11.8 Å². The lowest BCUT2D eigenvalue weighted by Crippen LogP contribution is -2.63. The second-order valence-corrected chi connectivity index (χ2v) is 13.9. The minimum atomic E-state index is -3.05. The van der Waals surface area contributed by atoms with Crippen LogP contribution in [0.5, 0.6) is 17.4 Å². The number of halogens is 2. The largest absolute Gasteiger partial charge is 0.487 e. The van der Waals surface area contributed by atoms with Gasteiger partial charge in [-0.05, 0) is 68.0 Å². The molecular weight excluding hydrogens is 742 g/mol. The molecular formula is C39H44F2N2O13. The molecule has 2 fully saturated rings. The van der Waals surface area contributed by atoms with Crippen LogP contribution >= 0.6 is 0 Å². The van der Waals surface area contributed by atoms with Crippen LogP contribution in [0.2, 0.25) is 0 Å². The minimum Gasteiger partial charge on any atom is -0.487 e. The molecule has 2 aromatic heterocycles. The maximum absolute atomic E-state index is 13.3. The lowest BCUT2D eigenvalue weighted by atomic mass is 9.86. The molecule has 0 spiro atoms. The number of alkyl halides is 2. The molecule has 6 atom stereocenters. The van der Waals surface area contributed by atoms with Gasteiger partial charge in [0.15, 0.2) is 23.7 Å². The summed E-state index contributed by atoms with van der Waals surface area (Å²) in [6.45, 7) is 4.27. The number of aliphatic hydroxyl groups is 1. The summed E-state index contributed by atoms with van der Waals surface area (Å²) < 4.78 is 70.7. The fraction of sp³-hybridized carbons (Fsp3) is 0.487. The van der Waals surface area contributed by atoms with Gasteiger partial charge in [-0.25, -0.2) is 4.98 Å². The predicted molar refractivity (Wildman–Crippen MR) is 189 cm³/mol. The highest BCUT2D eigenvalue weighted by molar-refractivity contribution is 5.68. The summed E-state index contributed by atoms with van der Waals surface area (Å²) in [4.78, 5) is 57.1. The van der Waals surface area contributed by atoms with Crippen LogP contribution in [0.25, 0.3) is 0 Å². The Morgan fingerprint density at radius 3 is 2.02 bits per heavy atom. The molecule has 1 N–H and O–H groups in total. The van der Waals surface area contributed by atoms with Crippen LogP contribution in [0.3, 0.4) is 0 Å². The third kappa shape index (κ3) is 11.6. The molecule has 0 bridgehead atoms. The number of nitrogens with zero attached hydrogens (tertiary/aromatic N) is 2. The molecule has 302 valence electrons. The van der Waals surface area contributed by atoms with E-state index in [4.69, 9.17) is 37.9 Å². The number of aromatic nitrogens is 2. The highest BCUT2D eigenvalue weighted by Gasteiger charge is 2.53. The molecule has 0 amide bonds. The highest BCUT2D eigenvalue weighted by Crippen LogP contribution is 2.39. The summed E-state index contributed by atoms with van der Waals surface area (Å²) in [6.07, 6.45) is -1.96. The fourth-order valence-electron chi connectivity index (χ4n) is 6.03. The normalized spacial score (nSPS) is 21.4. The van der Waals surface area contributed by atoms with Crippen LogP contribution in [0.4, 0.5) is 8.78 Å². The zero-order valence-electron chi connectivity index (χ0n) is 31.6. The van der Waals surface area contributed by atoms with Crippen LogP contribution < -0.4 is 14.2 Å². The van der Waals surface area contributed by atoms with Gasteiger partial charge in [-0.2, -0.15) is 8.78 Å². The number of pyridine rings is 2. The zero-order valence-corrected chi connectivity index (χ0v) is 31.6.